The van der Waals surface area contributed by atoms with E-state index in [1.165, 1.54) is 12.1 Å². The molecule has 0 heterocycles. The minimum atomic E-state index is -1.22. The third-order valence-corrected chi connectivity index (χ3v) is 2.94. The summed E-state index contributed by atoms with van der Waals surface area (Å²) < 4.78 is 13.7. The average Bonchev–Trinajstić information content (AvgIpc) is 2.40. The first-order valence-electron chi connectivity index (χ1n) is 6.34. The van der Waals surface area contributed by atoms with Crippen LogP contribution in [0.5, 0.6) is 0 Å². The van der Waals surface area contributed by atoms with Crippen LogP contribution in [-0.4, -0.2) is 17.0 Å². The molecule has 2 rings (SSSR count). The van der Waals surface area contributed by atoms with Crippen LogP contribution in [0.3, 0.4) is 0 Å². The minimum Gasteiger partial charge on any atom is -0.478 e. The van der Waals surface area contributed by atoms with E-state index in [2.05, 4.69) is 5.32 Å². The number of aryl methyl sites for hydroxylation is 1. The number of amides is 1. The molecule has 0 unspecified atom stereocenters. The van der Waals surface area contributed by atoms with E-state index in [-0.39, 0.29) is 23.6 Å². The molecule has 1 amide bonds. The third kappa shape index (κ3) is 3.89. The molecule has 0 aliphatic rings. The Morgan fingerprint density at radius 1 is 1.19 bits per heavy atom. The molecule has 0 saturated heterocycles. The van der Waals surface area contributed by atoms with Crippen molar-refractivity contribution in [1.29, 1.82) is 0 Å². The molecule has 0 aliphatic heterocycles. The Balaban J connectivity index is 2.08. The SMILES string of the molecule is Cc1cccc(CC(=O)Nc2ccc(C(=O)O)cc2F)c1. The van der Waals surface area contributed by atoms with Crippen molar-refractivity contribution in [1.82, 2.24) is 0 Å². The summed E-state index contributed by atoms with van der Waals surface area (Å²) in [7, 11) is 0. The lowest BCUT2D eigenvalue weighted by Crippen LogP contribution is -2.15. The van der Waals surface area contributed by atoms with E-state index in [4.69, 9.17) is 5.11 Å². The highest BCUT2D eigenvalue weighted by atomic mass is 19.1. The average molecular weight is 287 g/mol. The van der Waals surface area contributed by atoms with Gasteiger partial charge in [0.2, 0.25) is 5.91 Å². The molecule has 21 heavy (non-hydrogen) atoms. The summed E-state index contributed by atoms with van der Waals surface area (Å²) in [4.78, 5) is 22.6. The summed E-state index contributed by atoms with van der Waals surface area (Å²) in [5.74, 6) is -2.35. The molecular weight excluding hydrogens is 273 g/mol. The van der Waals surface area contributed by atoms with Crippen molar-refractivity contribution in [3.05, 3.63) is 65.0 Å². The number of halogens is 1. The number of carboxylic acids is 1. The number of nitrogens with one attached hydrogen (secondary N) is 1. The number of hydrogen-bond acceptors (Lipinski definition) is 2. The van der Waals surface area contributed by atoms with Gasteiger partial charge in [0.15, 0.2) is 0 Å². The molecule has 0 aliphatic carbocycles. The van der Waals surface area contributed by atoms with Crippen LogP contribution < -0.4 is 5.32 Å². The fraction of sp³-hybridized carbons (Fsp3) is 0.125. The standard InChI is InChI=1S/C16H14FNO3/c1-10-3-2-4-11(7-10)8-15(19)18-14-6-5-12(16(20)21)9-13(14)17/h2-7,9H,8H2,1H3,(H,18,19)(H,20,21). The number of hydrogen-bond donors (Lipinski definition) is 2. The lowest BCUT2D eigenvalue weighted by atomic mass is 10.1. The number of aromatic carboxylic acids is 1. The fourth-order valence-corrected chi connectivity index (χ4v) is 1.95. The highest BCUT2D eigenvalue weighted by Crippen LogP contribution is 2.16. The van der Waals surface area contributed by atoms with Crippen molar-refractivity contribution in [2.45, 2.75) is 13.3 Å². The normalized spacial score (nSPS) is 10.2. The second kappa shape index (κ2) is 6.17. The summed E-state index contributed by atoms with van der Waals surface area (Å²) in [6.07, 6.45) is 0.127. The molecule has 2 N–H and O–H groups in total. The van der Waals surface area contributed by atoms with E-state index in [1.807, 2.05) is 31.2 Å². The van der Waals surface area contributed by atoms with E-state index in [9.17, 15) is 14.0 Å². The van der Waals surface area contributed by atoms with Crippen LogP contribution in [0.25, 0.3) is 0 Å². The topological polar surface area (TPSA) is 66.4 Å². The molecule has 108 valence electrons. The maximum atomic E-state index is 13.7. The van der Waals surface area contributed by atoms with Gasteiger partial charge in [0.05, 0.1) is 17.7 Å². The van der Waals surface area contributed by atoms with Crippen LogP contribution in [0.2, 0.25) is 0 Å². The molecule has 0 radical (unpaired) electrons. The molecule has 0 spiro atoms. The van der Waals surface area contributed by atoms with E-state index in [0.29, 0.717) is 0 Å². The second-order valence-electron chi connectivity index (χ2n) is 4.71. The van der Waals surface area contributed by atoms with Gasteiger partial charge < -0.3 is 10.4 Å². The van der Waals surface area contributed by atoms with Gasteiger partial charge >= 0.3 is 5.97 Å². The van der Waals surface area contributed by atoms with Crippen LogP contribution in [0, 0.1) is 12.7 Å². The van der Waals surface area contributed by atoms with Crippen LogP contribution >= 0.6 is 0 Å². The maximum Gasteiger partial charge on any atom is 0.335 e. The molecule has 2 aromatic rings. The molecule has 0 fully saturated rings. The van der Waals surface area contributed by atoms with Crippen molar-refractivity contribution in [2.75, 3.05) is 5.32 Å². The van der Waals surface area contributed by atoms with Crippen molar-refractivity contribution >= 4 is 17.6 Å². The van der Waals surface area contributed by atoms with Crippen molar-refractivity contribution < 1.29 is 19.1 Å². The van der Waals surface area contributed by atoms with Crippen molar-refractivity contribution in [3.63, 3.8) is 0 Å². The van der Waals surface area contributed by atoms with Crippen LogP contribution in [-0.2, 0) is 11.2 Å². The van der Waals surface area contributed by atoms with Gasteiger partial charge in [0.1, 0.15) is 5.82 Å². The number of anilines is 1. The summed E-state index contributed by atoms with van der Waals surface area (Å²) in [6, 6.07) is 10.8. The van der Waals surface area contributed by atoms with Crippen LogP contribution in [0.4, 0.5) is 10.1 Å². The Morgan fingerprint density at radius 3 is 2.57 bits per heavy atom. The van der Waals surface area contributed by atoms with Gasteiger partial charge in [-0.25, -0.2) is 9.18 Å². The fourth-order valence-electron chi connectivity index (χ4n) is 1.95. The van der Waals surface area contributed by atoms with E-state index < -0.39 is 11.8 Å². The Hall–Kier alpha value is -2.69. The summed E-state index contributed by atoms with van der Waals surface area (Å²) in [5.41, 5.74) is 1.68. The predicted molar refractivity (Wildman–Crippen MR) is 76.9 cm³/mol. The zero-order valence-corrected chi connectivity index (χ0v) is 11.4. The summed E-state index contributed by atoms with van der Waals surface area (Å²) in [6.45, 7) is 1.92. The number of benzene rings is 2. The first-order chi connectivity index (χ1) is 9.95. The lowest BCUT2D eigenvalue weighted by Gasteiger charge is -2.07. The summed E-state index contributed by atoms with van der Waals surface area (Å²) in [5, 5.41) is 11.2. The minimum absolute atomic E-state index is 0.0300. The second-order valence-corrected chi connectivity index (χ2v) is 4.71. The molecule has 0 atom stereocenters. The molecule has 2 aromatic carbocycles. The van der Waals surface area contributed by atoms with E-state index in [0.717, 1.165) is 17.2 Å². The quantitative estimate of drug-likeness (QED) is 0.908. The Kier molecular flexibility index (Phi) is 4.33. The smallest absolute Gasteiger partial charge is 0.335 e. The summed E-state index contributed by atoms with van der Waals surface area (Å²) >= 11 is 0. The third-order valence-electron chi connectivity index (χ3n) is 2.94. The lowest BCUT2D eigenvalue weighted by molar-refractivity contribution is -0.115. The van der Waals surface area contributed by atoms with E-state index in [1.54, 1.807) is 0 Å². The highest BCUT2D eigenvalue weighted by Gasteiger charge is 2.11. The Bertz CT molecular complexity index is 698. The van der Waals surface area contributed by atoms with Gasteiger partial charge in [-0.1, -0.05) is 29.8 Å². The van der Waals surface area contributed by atoms with Crippen molar-refractivity contribution in [2.24, 2.45) is 0 Å². The first kappa shape index (κ1) is 14.7. The van der Waals surface area contributed by atoms with E-state index >= 15 is 0 Å². The van der Waals surface area contributed by atoms with Gasteiger partial charge in [-0.3, -0.25) is 4.79 Å². The Labute approximate surface area is 121 Å². The Morgan fingerprint density at radius 2 is 1.95 bits per heavy atom. The number of carboxylic acid groups (broad SMARTS) is 1. The maximum absolute atomic E-state index is 13.7. The van der Waals surface area contributed by atoms with Crippen LogP contribution in [0.15, 0.2) is 42.5 Å². The molecule has 4 nitrogen and oxygen atoms in total. The number of carbonyl (C=O) groups excluding carboxylic acids is 1. The predicted octanol–water partition coefficient (Wildman–Crippen LogP) is 3.01. The molecular formula is C16H14FNO3. The molecule has 0 bridgehead atoms. The van der Waals surface area contributed by atoms with Gasteiger partial charge in [-0.2, -0.15) is 0 Å². The largest absolute Gasteiger partial charge is 0.478 e. The van der Waals surface area contributed by atoms with Crippen LogP contribution in [0.1, 0.15) is 21.5 Å². The van der Waals surface area contributed by atoms with Gasteiger partial charge in [0.25, 0.3) is 0 Å². The van der Waals surface area contributed by atoms with Gasteiger partial charge in [0, 0.05) is 0 Å². The highest BCUT2D eigenvalue weighted by molar-refractivity contribution is 5.93. The van der Waals surface area contributed by atoms with Gasteiger partial charge in [-0.05, 0) is 30.7 Å². The zero-order valence-electron chi connectivity index (χ0n) is 11.4. The van der Waals surface area contributed by atoms with Crippen molar-refractivity contribution in [3.8, 4) is 0 Å². The first-order valence-corrected chi connectivity index (χ1v) is 6.34. The monoisotopic (exact) mass is 287 g/mol. The molecule has 5 heteroatoms. The molecule has 0 saturated carbocycles. The zero-order chi connectivity index (χ0) is 15.4. The number of rotatable bonds is 4. The molecule has 0 aromatic heterocycles. The number of carbonyl (C=O) groups is 2. The van der Waals surface area contributed by atoms with Gasteiger partial charge in [-0.15, -0.1) is 0 Å².